The molecule has 0 saturated carbocycles. The minimum atomic E-state index is -4.25. The zero-order valence-electron chi connectivity index (χ0n) is 23.9. The maximum absolute atomic E-state index is 14.1. The summed E-state index contributed by atoms with van der Waals surface area (Å²) >= 11 is 16.2. The van der Waals surface area contributed by atoms with Gasteiger partial charge in [-0.05, 0) is 78.7 Å². The third-order valence-corrected chi connectivity index (χ3v) is 9.80. The van der Waals surface area contributed by atoms with Gasteiger partial charge in [-0.15, -0.1) is 0 Å². The molecule has 0 radical (unpaired) electrons. The Morgan fingerprint density at radius 1 is 1.05 bits per heavy atom. The van der Waals surface area contributed by atoms with Gasteiger partial charge in [0.2, 0.25) is 11.8 Å². The predicted octanol–water partition coefficient (Wildman–Crippen LogP) is 6.60. The van der Waals surface area contributed by atoms with Crippen LogP contribution in [0.1, 0.15) is 37.8 Å². The fourth-order valence-electron chi connectivity index (χ4n) is 4.15. The van der Waals surface area contributed by atoms with Crippen molar-refractivity contribution in [2.24, 2.45) is 0 Å². The van der Waals surface area contributed by atoms with Crippen LogP contribution in [0, 0.1) is 6.92 Å². The molecular formula is C30H34BrCl2N3O5S. The van der Waals surface area contributed by atoms with E-state index in [9.17, 15) is 18.0 Å². The Morgan fingerprint density at radius 2 is 1.69 bits per heavy atom. The summed E-state index contributed by atoms with van der Waals surface area (Å²) in [7, 11) is -2.77. The highest BCUT2D eigenvalue weighted by Gasteiger charge is 2.33. The number of unbranched alkanes of at least 4 members (excludes halogenated alkanes) is 1. The number of hydrogen-bond donors (Lipinski definition) is 1. The lowest BCUT2D eigenvalue weighted by atomic mass is 10.1. The van der Waals surface area contributed by atoms with Crippen molar-refractivity contribution in [1.29, 1.82) is 0 Å². The van der Waals surface area contributed by atoms with Crippen molar-refractivity contribution in [3.63, 3.8) is 0 Å². The van der Waals surface area contributed by atoms with Crippen LogP contribution in [-0.2, 0) is 26.2 Å². The molecule has 3 aromatic carbocycles. The number of rotatable bonds is 13. The highest BCUT2D eigenvalue weighted by Crippen LogP contribution is 2.32. The number of halogens is 3. The van der Waals surface area contributed by atoms with E-state index >= 15 is 0 Å². The monoisotopic (exact) mass is 697 g/mol. The Hall–Kier alpha value is -2.79. The highest BCUT2D eigenvalue weighted by molar-refractivity contribution is 9.10. The first kappa shape index (κ1) is 33.7. The summed E-state index contributed by atoms with van der Waals surface area (Å²) < 4.78 is 34.8. The summed E-state index contributed by atoms with van der Waals surface area (Å²) in [5.74, 6) is -0.526. The second-order valence-electron chi connectivity index (χ2n) is 9.69. The molecule has 0 spiro atoms. The average molecular weight is 699 g/mol. The van der Waals surface area contributed by atoms with E-state index in [1.54, 1.807) is 49.4 Å². The van der Waals surface area contributed by atoms with E-state index in [0.717, 1.165) is 22.7 Å². The van der Waals surface area contributed by atoms with Crippen LogP contribution in [0.2, 0.25) is 10.0 Å². The third-order valence-electron chi connectivity index (χ3n) is 6.70. The van der Waals surface area contributed by atoms with Crippen LogP contribution in [0.4, 0.5) is 5.69 Å². The van der Waals surface area contributed by atoms with Gasteiger partial charge in [-0.1, -0.05) is 60.3 Å². The quantitative estimate of drug-likeness (QED) is 0.203. The number of nitrogens with one attached hydrogen (secondary N) is 1. The molecule has 3 rings (SSSR count). The molecule has 0 bridgehead atoms. The maximum atomic E-state index is 14.1. The van der Waals surface area contributed by atoms with E-state index in [-0.39, 0.29) is 23.0 Å². The van der Waals surface area contributed by atoms with Crippen molar-refractivity contribution in [2.75, 3.05) is 24.5 Å². The largest absolute Gasteiger partial charge is 0.496 e. The number of hydrogen-bond acceptors (Lipinski definition) is 5. The minimum absolute atomic E-state index is 0.0467. The van der Waals surface area contributed by atoms with Crippen molar-refractivity contribution < 1.29 is 22.7 Å². The van der Waals surface area contributed by atoms with Gasteiger partial charge in [-0.3, -0.25) is 13.9 Å². The third kappa shape index (κ3) is 8.18. The van der Waals surface area contributed by atoms with Gasteiger partial charge in [0.05, 0.1) is 22.2 Å². The van der Waals surface area contributed by atoms with Crippen molar-refractivity contribution in [1.82, 2.24) is 10.2 Å². The molecule has 1 atom stereocenters. The van der Waals surface area contributed by atoms with Crippen LogP contribution in [0.25, 0.3) is 0 Å². The van der Waals surface area contributed by atoms with Crippen LogP contribution in [0.5, 0.6) is 5.75 Å². The predicted molar refractivity (Wildman–Crippen MR) is 171 cm³/mol. The molecule has 0 saturated heterocycles. The lowest BCUT2D eigenvalue weighted by Gasteiger charge is -2.32. The van der Waals surface area contributed by atoms with E-state index in [4.69, 9.17) is 27.9 Å². The number of nitrogens with zero attached hydrogens (tertiary/aromatic N) is 2. The summed E-state index contributed by atoms with van der Waals surface area (Å²) in [6, 6.07) is 15.2. The summed E-state index contributed by atoms with van der Waals surface area (Å²) in [5, 5.41) is 3.50. The molecular weight excluding hydrogens is 665 g/mol. The second-order valence-corrected chi connectivity index (χ2v) is 13.2. The summed E-state index contributed by atoms with van der Waals surface area (Å²) in [5.41, 5.74) is 1.66. The van der Waals surface area contributed by atoms with Gasteiger partial charge in [0.25, 0.3) is 10.0 Å². The van der Waals surface area contributed by atoms with Gasteiger partial charge >= 0.3 is 0 Å². The van der Waals surface area contributed by atoms with E-state index in [1.807, 2.05) is 13.8 Å². The van der Waals surface area contributed by atoms with E-state index in [2.05, 4.69) is 21.2 Å². The topological polar surface area (TPSA) is 96.0 Å². The summed E-state index contributed by atoms with van der Waals surface area (Å²) in [6.45, 7) is 5.24. The van der Waals surface area contributed by atoms with Gasteiger partial charge in [0.1, 0.15) is 18.3 Å². The molecule has 42 heavy (non-hydrogen) atoms. The molecule has 0 fully saturated rings. The highest BCUT2D eigenvalue weighted by atomic mass is 79.9. The lowest BCUT2D eigenvalue weighted by Crippen LogP contribution is -2.51. The molecule has 0 aromatic heterocycles. The first-order valence-corrected chi connectivity index (χ1v) is 16.3. The van der Waals surface area contributed by atoms with Crippen molar-refractivity contribution >= 4 is 66.7 Å². The Labute approximate surface area is 266 Å². The Morgan fingerprint density at radius 3 is 2.26 bits per heavy atom. The lowest BCUT2D eigenvalue weighted by molar-refractivity contribution is -0.139. The number of carbonyl (C=O) groups is 2. The SMILES string of the molecule is CCCCNC(=O)C(C)N(Cc1c(Cl)cccc1Cl)C(=O)CN(c1ccc(C)cc1)S(=O)(=O)c1ccc(OC)c(Br)c1. The standard InChI is InChI=1S/C30H34BrCl2N3O5S/c1-5-6-16-34-30(38)21(3)35(18-24-26(32)8-7-9-27(24)33)29(37)19-36(22-12-10-20(2)11-13-22)42(39,40)23-14-15-28(41-4)25(31)17-23/h7-15,17,21H,5-6,16,18-19H2,1-4H3,(H,34,38). The van der Waals surface area contributed by atoms with E-state index in [1.165, 1.54) is 30.2 Å². The number of anilines is 1. The van der Waals surface area contributed by atoms with Crippen LogP contribution in [-0.4, -0.2) is 51.4 Å². The molecule has 0 aliphatic carbocycles. The fourth-order valence-corrected chi connectivity index (χ4v) is 6.80. The number of aryl methyl sites for hydroxylation is 1. The normalized spacial score (nSPS) is 12.0. The molecule has 0 heterocycles. The number of methoxy groups -OCH3 is 1. The number of sulfonamides is 1. The molecule has 0 aliphatic heterocycles. The van der Waals surface area contributed by atoms with Crippen LogP contribution in [0.3, 0.4) is 0 Å². The van der Waals surface area contributed by atoms with Crippen molar-refractivity contribution in [2.45, 2.75) is 51.1 Å². The van der Waals surface area contributed by atoms with Gasteiger partial charge in [-0.2, -0.15) is 0 Å². The number of amides is 2. The number of carbonyl (C=O) groups excluding carboxylic acids is 2. The van der Waals surface area contributed by atoms with Crippen molar-refractivity contribution in [3.8, 4) is 5.75 Å². The zero-order chi connectivity index (χ0) is 31.0. The maximum Gasteiger partial charge on any atom is 0.264 e. The summed E-state index contributed by atoms with van der Waals surface area (Å²) in [4.78, 5) is 28.4. The average Bonchev–Trinajstić information content (AvgIpc) is 2.95. The van der Waals surface area contributed by atoms with Crippen LogP contribution in [0.15, 0.2) is 70.0 Å². The number of ether oxygens (including phenoxy) is 1. The van der Waals surface area contributed by atoms with Gasteiger partial charge < -0.3 is 15.0 Å². The Bertz CT molecular complexity index is 1500. The first-order valence-electron chi connectivity index (χ1n) is 13.3. The number of benzene rings is 3. The molecule has 1 unspecified atom stereocenters. The molecule has 3 aromatic rings. The van der Waals surface area contributed by atoms with Gasteiger partial charge in [0.15, 0.2) is 0 Å². The molecule has 8 nitrogen and oxygen atoms in total. The smallest absolute Gasteiger partial charge is 0.264 e. The summed E-state index contributed by atoms with van der Waals surface area (Å²) in [6.07, 6.45) is 1.66. The Kier molecular flexibility index (Phi) is 12.1. The van der Waals surface area contributed by atoms with Crippen LogP contribution < -0.4 is 14.4 Å². The molecule has 226 valence electrons. The fraction of sp³-hybridized carbons (Fsp3) is 0.333. The molecule has 1 N–H and O–H groups in total. The van der Waals surface area contributed by atoms with E-state index < -0.39 is 28.5 Å². The van der Waals surface area contributed by atoms with Gasteiger partial charge in [-0.25, -0.2) is 8.42 Å². The molecule has 12 heteroatoms. The van der Waals surface area contributed by atoms with Gasteiger partial charge in [0, 0.05) is 28.7 Å². The first-order chi connectivity index (χ1) is 19.9. The second kappa shape index (κ2) is 15.1. The van der Waals surface area contributed by atoms with Crippen molar-refractivity contribution in [3.05, 3.63) is 86.3 Å². The zero-order valence-corrected chi connectivity index (χ0v) is 27.8. The molecule has 2 amide bonds. The molecule has 0 aliphatic rings. The van der Waals surface area contributed by atoms with E-state index in [0.29, 0.717) is 32.4 Å². The minimum Gasteiger partial charge on any atom is -0.496 e. The Balaban J connectivity index is 2.06. The van der Waals surface area contributed by atoms with Crippen LogP contribution >= 0.6 is 39.1 Å².